The van der Waals surface area contributed by atoms with Gasteiger partial charge in [-0.1, -0.05) is 12.1 Å². The van der Waals surface area contributed by atoms with E-state index in [0.717, 1.165) is 17.7 Å². The molecule has 18 heavy (non-hydrogen) atoms. The van der Waals surface area contributed by atoms with Gasteiger partial charge >= 0.3 is 0 Å². The second-order valence-electron chi connectivity index (χ2n) is 4.66. The molecule has 1 atom stereocenters. The Balaban J connectivity index is 1.99. The fourth-order valence-electron chi connectivity index (χ4n) is 2.15. The first-order valence-corrected chi connectivity index (χ1v) is 6.14. The lowest BCUT2D eigenvalue weighted by molar-refractivity contribution is -0.136. The molecule has 0 radical (unpaired) electrons. The lowest BCUT2D eigenvalue weighted by Gasteiger charge is -2.28. The second kappa shape index (κ2) is 5.39. The molecule has 2 rings (SSSR count). The van der Waals surface area contributed by atoms with E-state index in [9.17, 15) is 4.79 Å². The normalized spacial score (nSPS) is 16.4. The SMILES string of the molecule is COCCC(C)C(=O)N1CCc2noc(N)c2C1. The van der Waals surface area contributed by atoms with Crippen LogP contribution in [0.4, 0.5) is 5.88 Å². The summed E-state index contributed by atoms with van der Waals surface area (Å²) in [6.45, 7) is 3.70. The molecule has 0 saturated carbocycles. The van der Waals surface area contributed by atoms with Crippen molar-refractivity contribution < 1.29 is 14.1 Å². The molecule has 0 aliphatic carbocycles. The van der Waals surface area contributed by atoms with Gasteiger partial charge in [-0.2, -0.15) is 0 Å². The van der Waals surface area contributed by atoms with Crippen LogP contribution in [0.15, 0.2) is 4.52 Å². The Morgan fingerprint density at radius 2 is 2.44 bits per heavy atom. The minimum absolute atomic E-state index is 0.0346. The van der Waals surface area contributed by atoms with Crippen molar-refractivity contribution in [3.63, 3.8) is 0 Å². The number of aromatic nitrogens is 1. The van der Waals surface area contributed by atoms with Crippen LogP contribution in [0.2, 0.25) is 0 Å². The summed E-state index contributed by atoms with van der Waals surface area (Å²) in [7, 11) is 1.64. The van der Waals surface area contributed by atoms with Crippen molar-refractivity contribution in [2.75, 3.05) is 26.0 Å². The number of rotatable bonds is 4. The topological polar surface area (TPSA) is 81.6 Å². The number of nitrogens with two attached hydrogens (primary N) is 1. The Labute approximate surface area is 106 Å². The maximum absolute atomic E-state index is 12.2. The molecule has 1 aromatic rings. The fraction of sp³-hybridized carbons (Fsp3) is 0.667. The zero-order valence-electron chi connectivity index (χ0n) is 10.8. The number of nitrogen functional groups attached to an aromatic ring is 1. The van der Waals surface area contributed by atoms with Crippen LogP contribution in [0.5, 0.6) is 0 Å². The Kier molecular flexibility index (Phi) is 3.86. The molecule has 6 heteroatoms. The summed E-state index contributed by atoms with van der Waals surface area (Å²) in [6.07, 6.45) is 1.44. The van der Waals surface area contributed by atoms with E-state index in [1.807, 2.05) is 11.8 Å². The number of anilines is 1. The van der Waals surface area contributed by atoms with Gasteiger partial charge in [-0.3, -0.25) is 4.79 Å². The summed E-state index contributed by atoms with van der Waals surface area (Å²) in [4.78, 5) is 14.0. The Morgan fingerprint density at radius 3 is 3.17 bits per heavy atom. The number of hydrogen-bond donors (Lipinski definition) is 1. The summed E-state index contributed by atoms with van der Waals surface area (Å²) < 4.78 is 9.94. The van der Waals surface area contributed by atoms with Crippen molar-refractivity contribution in [2.45, 2.75) is 26.3 Å². The lowest BCUT2D eigenvalue weighted by Crippen LogP contribution is -2.39. The number of fused-ring (bicyclic) bond motifs is 1. The number of amides is 1. The molecule has 1 amide bonds. The first kappa shape index (κ1) is 12.9. The summed E-state index contributed by atoms with van der Waals surface area (Å²) in [6, 6.07) is 0. The second-order valence-corrected chi connectivity index (χ2v) is 4.66. The maximum atomic E-state index is 12.2. The van der Waals surface area contributed by atoms with E-state index in [4.69, 9.17) is 15.0 Å². The molecule has 6 nitrogen and oxygen atoms in total. The van der Waals surface area contributed by atoms with Crippen molar-refractivity contribution in [2.24, 2.45) is 5.92 Å². The molecule has 2 N–H and O–H groups in total. The third kappa shape index (κ3) is 2.48. The number of nitrogens with zero attached hydrogens (tertiary/aromatic N) is 2. The van der Waals surface area contributed by atoms with Gasteiger partial charge in [0.2, 0.25) is 11.8 Å². The molecular weight excluding hydrogens is 234 g/mol. The van der Waals surface area contributed by atoms with Gasteiger partial charge in [0.1, 0.15) is 0 Å². The molecule has 0 aromatic carbocycles. The fourth-order valence-corrected chi connectivity index (χ4v) is 2.15. The first-order chi connectivity index (χ1) is 8.63. The third-order valence-electron chi connectivity index (χ3n) is 3.36. The number of carbonyl (C=O) groups excluding carboxylic acids is 1. The van der Waals surface area contributed by atoms with Crippen LogP contribution in [0.3, 0.4) is 0 Å². The Morgan fingerprint density at radius 1 is 1.67 bits per heavy atom. The molecule has 0 spiro atoms. The minimum atomic E-state index is -0.0346. The number of carbonyl (C=O) groups is 1. The largest absolute Gasteiger partial charge is 0.385 e. The molecule has 1 aliphatic rings. The van der Waals surface area contributed by atoms with E-state index in [-0.39, 0.29) is 11.8 Å². The van der Waals surface area contributed by atoms with Gasteiger partial charge in [-0.15, -0.1) is 0 Å². The summed E-state index contributed by atoms with van der Waals surface area (Å²) >= 11 is 0. The average molecular weight is 253 g/mol. The van der Waals surface area contributed by atoms with E-state index in [0.29, 0.717) is 32.0 Å². The van der Waals surface area contributed by atoms with Crippen molar-refractivity contribution in [1.82, 2.24) is 10.1 Å². The summed E-state index contributed by atoms with van der Waals surface area (Å²) in [5, 5.41) is 3.89. The van der Waals surface area contributed by atoms with Crippen molar-refractivity contribution in [3.05, 3.63) is 11.3 Å². The van der Waals surface area contributed by atoms with Gasteiger partial charge in [-0.05, 0) is 6.42 Å². The number of ether oxygens (including phenoxy) is 1. The Hall–Kier alpha value is -1.56. The van der Waals surface area contributed by atoms with Crippen LogP contribution < -0.4 is 5.73 Å². The van der Waals surface area contributed by atoms with Gasteiger partial charge in [0.05, 0.1) is 17.8 Å². The van der Waals surface area contributed by atoms with Gasteiger partial charge in [0, 0.05) is 32.6 Å². The minimum Gasteiger partial charge on any atom is -0.385 e. The highest BCUT2D eigenvalue weighted by atomic mass is 16.5. The Bertz CT molecular complexity index is 430. The van der Waals surface area contributed by atoms with E-state index in [2.05, 4.69) is 5.16 Å². The lowest BCUT2D eigenvalue weighted by atomic mass is 10.0. The highest BCUT2D eigenvalue weighted by Crippen LogP contribution is 2.24. The predicted octanol–water partition coefficient (Wildman–Crippen LogP) is 0.814. The average Bonchev–Trinajstić information content (AvgIpc) is 2.76. The zero-order chi connectivity index (χ0) is 13.1. The highest BCUT2D eigenvalue weighted by molar-refractivity contribution is 5.79. The van der Waals surface area contributed by atoms with Crippen LogP contribution in [0.1, 0.15) is 24.6 Å². The van der Waals surface area contributed by atoms with E-state index >= 15 is 0 Å². The predicted molar refractivity (Wildman–Crippen MR) is 65.7 cm³/mol. The van der Waals surface area contributed by atoms with E-state index in [1.165, 1.54) is 0 Å². The highest BCUT2D eigenvalue weighted by Gasteiger charge is 2.28. The number of hydrogen-bond acceptors (Lipinski definition) is 5. The van der Waals surface area contributed by atoms with Crippen LogP contribution in [-0.4, -0.2) is 36.2 Å². The smallest absolute Gasteiger partial charge is 0.227 e. The quantitative estimate of drug-likeness (QED) is 0.858. The summed E-state index contributed by atoms with van der Waals surface area (Å²) in [5.74, 6) is 0.429. The molecule has 0 saturated heterocycles. The standard InChI is InChI=1S/C12H19N3O3/c1-8(4-6-17-2)12(16)15-5-3-10-9(7-15)11(13)18-14-10/h8H,3-7,13H2,1-2H3. The maximum Gasteiger partial charge on any atom is 0.227 e. The van der Waals surface area contributed by atoms with Crippen LogP contribution in [-0.2, 0) is 22.5 Å². The third-order valence-corrected chi connectivity index (χ3v) is 3.36. The molecule has 0 fully saturated rings. The van der Waals surface area contributed by atoms with Crippen molar-refractivity contribution in [3.8, 4) is 0 Å². The first-order valence-electron chi connectivity index (χ1n) is 6.14. The molecule has 1 aromatic heterocycles. The van der Waals surface area contributed by atoms with E-state index < -0.39 is 0 Å². The van der Waals surface area contributed by atoms with Gasteiger partial charge < -0.3 is 19.9 Å². The summed E-state index contributed by atoms with van der Waals surface area (Å²) in [5.41, 5.74) is 7.42. The van der Waals surface area contributed by atoms with E-state index in [1.54, 1.807) is 7.11 Å². The van der Waals surface area contributed by atoms with Crippen molar-refractivity contribution in [1.29, 1.82) is 0 Å². The molecule has 1 aliphatic heterocycles. The zero-order valence-corrected chi connectivity index (χ0v) is 10.8. The van der Waals surface area contributed by atoms with Crippen LogP contribution in [0.25, 0.3) is 0 Å². The van der Waals surface area contributed by atoms with Crippen molar-refractivity contribution >= 4 is 11.8 Å². The molecule has 2 heterocycles. The monoisotopic (exact) mass is 253 g/mol. The van der Waals surface area contributed by atoms with Gasteiger partial charge in [0.25, 0.3) is 0 Å². The van der Waals surface area contributed by atoms with Gasteiger partial charge in [0.15, 0.2) is 0 Å². The molecular formula is C12H19N3O3. The van der Waals surface area contributed by atoms with Crippen LogP contribution >= 0.6 is 0 Å². The molecule has 1 unspecified atom stereocenters. The molecule has 100 valence electrons. The number of methoxy groups -OCH3 is 1. The molecule has 0 bridgehead atoms. The van der Waals surface area contributed by atoms with Crippen LogP contribution in [0, 0.1) is 5.92 Å². The van der Waals surface area contributed by atoms with Gasteiger partial charge in [-0.25, -0.2) is 0 Å².